The van der Waals surface area contributed by atoms with Crippen LogP contribution in [0.25, 0.3) is 11.1 Å². The van der Waals surface area contributed by atoms with Gasteiger partial charge in [0.05, 0.1) is 11.3 Å². The second-order valence-corrected chi connectivity index (χ2v) is 4.73. The van der Waals surface area contributed by atoms with Gasteiger partial charge in [-0.25, -0.2) is 4.79 Å². The van der Waals surface area contributed by atoms with Crippen LogP contribution in [0.15, 0.2) is 24.4 Å². The molecule has 0 spiro atoms. The molecule has 1 N–H and O–H groups in total. The molecule has 0 radical (unpaired) electrons. The monoisotopic (exact) mass is 258 g/mol. The van der Waals surface area contributed by atoms with Gasteiger partial charge in [-0.05, 0) is 43.5 Å². The van der Waals surface area contributed by atoms with Gasteiger partial charge >= 0.3 is 5.97 Å². The van der Waals surface area contributed by atoms with Gasteiger partial charge in [0.1, 0.15) is 0 Å². The maximum absolute atomic E-state index is 10.9. The van der Waals surface area contributed by atoms with Crippen LogP contribution in [-0.4, -0.2) is 20.9 Å². The van der Waals surface area contributed by atoms with E-state index in [0.717, 1.165) is 35.3 Å². The fraction of sp³-hybridized carbons (Fsp3) is 0.333. The molecule has 1 aromatic heterocycles. The van der Waals surface area contributed by atoms with Gasteiger partial charge in [-0.3, -0.25) is 4.68 Å². The van der Waals surface area contributed by atoms with Gasteiger partial charge < -0.3 is 5.11 Å². The van der Waals surface area contributed by atoms with E-state index >= 15 is 0 Å². The molecule has 0 aliphatic carbocycles. The molecule has 2 rings (SSSR count). The van der Waals surface area contributed by atoms with Crippen LogP contribution in [0.4, 0.5) is 0 Å². The van der Waals surface area contributed by atoms with Gasteiger partial charge in [0.2, 0.25) is 0 Å². The van der Waals surface area contributed by atoms with E-state index in [4.69, 9.17) is 5.11 Å². The normalized spacial score (nSPS) is 10.7. The highest BCUT2D eigenvalue weighted by molar-refractivity contribution is 5.89. The maximum Gasteiger partial charge on any atom is 0.335 e. The Labute approximate surface area is 112 Å². The molecular weight excluding hydrogens is 240 g/mol. The third-order valence-electron chi connectivity index (χ3n) is 3.16. The number of aromatic carboxylic acids is 1. The molecule has 0 saturated carbocycles. The first-order valence-electron chi connectivity index (χ1n) is 6.41. The molecule has 0 aliphatic rings. The zero-order chi connectivity index (χ0) is 14.0. The summed E-state index contributed by atoms with van der Waals surface area (Å²) in [4.78, 5) is 10.9. The summed E-state index contributed by atoms with van der Waals surface area (Å²) in [6, 6.07) is 5.20. The van der Waals surface area contributed by atoms with Gasteiger partial charge in [-0.15, -0.1) is 0 Å². The summed E-state index contributed by atoms with van der Waals surface area (Å²) in [5.74, 6) is -0.895. The van der Waals surface area contributed by atoms with E-state index in [1.54, 1.807) is 12.1 Å². The predicted molar refractivity (Wildman–Crippen MR) is 74.4 cm³/mol. The Morgan fingerprint density at radius 3 is 2.63 bits per heavy atom. The highest BCUT2D eigenvalue weighted by Gasteiger charge is 2.11. The van der Waals surface area contributed by atoms with E-state index in [2.05, 4.69) is 12.0 Å². The number of benzene rings is 1. The van der Waals surface area contributed by atoms with E-state index < -0.39 is 5.97 Å². The van der Waals surface area contributed by atoms with E-state index in [1.807, 2.05) is 30.8 Å². The minimum atomic E-state index is -0.895. The van der Waals surface area contributed by atoms with E-state index in [0.29, 0.717) is 5.56 Å². The first-order valence-corrected chi connectivity index (χ1v) is 6.41. The number of carbonyl (C=O) groups is 1. The van der Waals surface area contributed by atoms with Crippen LogP contribution in [0, 0.1) is 13.8 Å². The number of hydrogen-bond acceptors (Lipinski definition) is 2. The van der Waals surface area contributed by atoms with Crippen molar-refractivity contribution in [2.75, 3.05) is 0 Å². The number of aromatic nitrogens is 2. The van der Waals surface area contributed by atoms with Crippen LogP contribution in [0.3, 0.4) is 0 Å². The van der Waals surface area contributed by atoms with Crippen LogP contribution in [0.2, 0.25) is 0 Å². The first kappa shape index (κ1) is 13.3. The van der Waals surface area contributed by atoms with E-state index in [-0.39, 0.29) is 0 Å². The van der Waals surface area contributed by atoms with Crippen molar-refractivity contribution in [1.29, 1.82) is 0 Å². The Morgan fingerprint density at radius 2 is 2.05 bits per heavy atom. The highest BCUT2D eigenvalue weighted by atomic mass is 16.4. The molecule has 19 heavy (non-hydrogen) atoms. The molecule has 0 aliphatic heterocycles. The number of carboxylic acids is 1. The molecule has 0 fully saturated rings. The zero-order valence-electron chi connectivity index (χ0n) is 11.5. The van der Waals surface area contributed by atoms with Gasteiger partial charge in [0, 0.05) is 18.3 Å². The van der Waals surface area contributed by atoms with Crippen molar-refractivity contribution in [3.8, 4) is 11.1 Å². The van der Waals surface area contributed by atoms with Crippen LogP contribution in [0.5, 0.6) is 0 Å². The summed E-state index contributed by atoms with van der Waals surface area (Å²) in [7, 11) is 0. The van der Waals surface area contributed by atoms with Crippen molar-refractivity contribution in [3.05, 3.63) is 41.2 Å². The molecule has 0 saturated heterocycles. The van der Waals surface area contributed by atoms with Crippen molar-refractivity contribution < 1.29 is 9.90 Å². The van der Waals surface area contributed by atoms with Crippen LogP contribution in [-0.2, 0) is 6.54 Å². The molecule has 0 atom stereocenters. The summed E-state index contributed by atoms with van der Waals surface area (Å²) in [6.45, 7) is 6.92. The average molecular weight is 258 g/mol. The second kappa shape index (κ2) is 5.26. The standard InChI is InChI=1S/C15H18N2O2/c1-4-7-17-9-14(11(3)16-17)13-6-5-12(15(18)19)8-10(13)2/h5-6,8-9H,4,7H2,1-3H3,(H,18,19). The lowest BCUT2D eigenvalue weighted by molar-refractivity contribution is 0.0697. The number of hydrogen-bond donors (Lipinski definition) is 1. The van der Waals surface area contributed by atoms with Gasteiger partial charge in [0.15, 0.2) is 0 Å². The van der Waals surface area contributed by atoms with Gasteiger partial charge in [0.25, 0.3) is 0 Å². The van der Waals surface area contributed by atoms with E-state index in [1.165, 1.54) is 0 Å². The topological polar surface area (TPSA) is 55.1 Å². The highest BCUT2D eigenvalue weighted by Crippen LogP contribution is 2.26. The van der Waals surface area contributed by atoms with E-state index in [9.17, 15) is 4.79 Å². The zero-order valence-corrected chi connectivity index (χ0v) is 11.5. The quantitative estimate of drug-likeness (QED) is 0.915. The SMILES string of the molecule is CCCn1cc(-c2ccc(C(=O)O)cc2C)c(C)n1. The molecule has 0 unspecified atom stereocenters. The Kier molecular flexibility index (Phi) is 3.69. The Hall–Kier alpha value is -2.10. The van der Waals surface area contributed by atoms with Crippen LogP contribution >= 0.6 is 0 Å². The lowest BCUT2D eigenvalue weighted by atomic mass is 9.99. The smallest absolute Gasteiger partial charge is 0.335 e. The molecule has 4 nitrogen and oxygen atoms in total. The van der Waals surface area contributed by atoms with Gasteiger partial charge in [-0.2, -0.15) is 5.10 Å². The third-order valence-corrected chi connectivity index (χ3v) is 3.16. The van der Waals surface area contributed by atoms with Crippen LogP contribution in [0.1, 0.15) is 35.0 Å². The van der Waals surface area contributed by atoms with Crippen molar-refractivity contribution in [2.24, 2.45) is 0 Å². The maximum atomic E-state index is 10.9. The lowest BCUT2D eigenvalue weighted by Crippen LogP contribution is -1.97. The second-order valence-electron chi connectivity index (χ2n) is 4.73. The number of nitrogens with zero attached hydrogens (tertiary/aromatic N) is 2. The summed E-state index contributed by atoms with van der Waals surface area (Å²) < 4.78 is 1.94. The molecular formula is C15H18N2O2. The largest absolute Gasteiger partial charge is 0.478 e. The molecule has 0 amide bonds. The first-order chi connectivity index (χ1) is 9.02. The summed E-state index contributed by atoms with van der Waals surface area (Å²) >= 11 is 0. The number of rotatable bonds is 4. The minimum Gasteiger partial charge on any atom is -0.478 e. The molecule has 100 valence electrons. The summed E-state index contributed by atoms with van der Waals surface area (Å²) in [5.41, 5.74) is 4.37. The molecule has 2 aromatic rings. The third kappa shape index (κ3) is 2.67. The fourth-order valence-electron chi connectivity index (χ4n) is 2.22. The average Bonchev–Trinajstić information content (AvgIpc) is 2.70. The molecule has 4 heteroatoms. The minimum absolute atomic E-state index is 0.319. The number of aryl methyl sites for hydroxylation is 3. The number of carboxylic acid groups (broad SMARTS) is 1. The fourth-order valence-corrected chi connectivity index (χ4v) is 2.22. The Morgan fingerprint density at radius 1 is 1.32 bits per heavy atom. The van der Waals surface area contributed by atoms with Gasteiger partial charge in [-0.1, -0.05) is 13.0 Å². The van der Waals surface area contributed by atoms with Crippen molar-refractivity contribution in [2.45, 2.75) is 33.7 Å². The predicted octanol–water partition coefficient (Wildman–Crippen LogP) is 3.28. The Bertz CT molecular complexity index is 615. The molecule has 1 heterocycles. The lowest BCUT2D eigenvalue weighted by Gasteiger charge is -2.05. The van der Waals surface area contributed by atoms with Crippen molar-refractivity contribution in [1.82, 2.24) is 9.78 Å². The van der Waals surface area contributed by atoms with Crippen molar-refractivity contribution >= 4 is 5.97 Å². The van der Waals surface area contributed by atoms with Crippen LogP contribution < -0.4 is 0 Å². The van der Waals surface area contributed by atoms with Crippen molar-refractivity contribution in [3.63, 3.8) is 0 Å². The molecule has 0 bridgehead atoms. The Balaban J connectivity index is 2.44. The summed E-state index contributed by atoms with van der Waals surface area (Å²) in [5, 5.41) is 13.5. The summed E-state index contributed by atoms with van der Waals surface area (Å²) in [6.07, 6.45) is 3.07. The molecule has 1 aromatic carbocycles.